The van der Waals surface area contributed by atoms with E-state index in [1.807, 2.05) is 0 Å². The molecular formula is C13H23FO. The van der Waals surface area contributed by atoms with Gasteiger partial charge in [0.25, 0.3) is 0 Å². The molecule has 1 aliphatic rings. The highest BCUT2D eigenvalue weighted by Gasteiger charge is 2.25. The number of rotatable bonds is 6. The molecule has 0 aromatic rings. The summed E-state index contributed by atoms with van der Waals surface area (Å²) in [7, 11) is 0. The highest BCUT2D eigenvalue weighted by molar-refractivity contribution is 5.78. The molecule has 0 spiro atoms. The Balaban J connectivity index is 2.30. The van der Waals surface area contributed by atoms with Crippen LogP contribution < -0.4 is 0 Å². The van der Waals surface area contributed by atoms with Gasteiger partial charge in [-0.1, -0.05) is 32.6 Å². The van der Waals surface area contributed by atoms with Crippen LogP contribution in [-0.4, -0.2) is 12.5 Å². The van der Waals surface area contributed by atoms with Crippen LogP contribution in [0.15, 0.2) is 0 Å². The van der Waals surface area contributed by atoms with Crippen LogP contribution in [0.4, 0.5) is 4.39 Å². The summed E-state index contributed by atoms with van der Waals surface area (Å²) in [6, 6.07) is 0. The lowest BCUT2D eigenvalue weighted by molar-refractivity contribution is -0.120. The van der Waals surface area contributed by atoms with Crippen LogP contribution in [0.1, 0.15) is 58.3 Å². The van der Waals surface area contributed by atoms with Gasteiger partial charge in [-0.15, -0.1) is 0 Å². The van der Waals surface area contributed by atoms with Gasteiger partial charge in [0.05, 0.1) is 6.67 Å². The van der Waals surface area contributed by atoms with E-state index in [1.165, 1.54) is 32.1 Å². The maximum Gasteiger partial charge on any atom is 0.133 e. The van der Waals surface area contributed by atoms with E-state index >= 15 is 0 Å². The number of halogens is 1. The number of ketones is 1. The molecule has 1 nitrogen and oxygen atoms in total. The van der Waals surface area contributed by atoms with Crippen molar-refractivity contribution in [1.29, 1.82) is 0 Å². The van der Waals surface area contributed by atoms with Crippen LogP contribution in [0, 0.1) is 11.8 Å². The van der Waals surface area contributed by atoms with Gasteiger partial charge in [0.15, 0.2) is 0 Å². The molecule has 1 saturated carbocycles. The summed E-state index contributed by atoms with van der Waals surface area (Å²) in [6.07, 6.45) is 7.87. The molecule has 0 radical (unpaired) electrons. The first-order valence-corrected chi connectivity index (χ1v) is 6.35. The van der Waals surface area contributed by atoms with Crippen LogP contribution in [0.3, 0.4) is 0 Å². The van der Waals surface area contributed by atoms with E-state index in [4.69, 9.17) is 0 Å². The first-order chi connectivity index (χ1) is 7.27. The Morgan fingerprint density at radius 3 is 2.53 bits per heavy atom. The minimum absolute atomic E-state index is 0.276. The van der Waals surface area contributed by atoms with E-state index < -0.39 is 0 Å². The zero-order valence-corrected chi connectivity index (χ0v) is 9.80. The summed E-state index contributed by atoms with van der Waals surface area (Å²) in [5.74, 6) is 1.61. The fraction of sp³-hybridized carbons (Fsp3) is 0.923. The van der Waals surface area contributed by atoms with E-state index in [-0.39, 0.29) is 12.5 Å². The summed E-state index contributed by atoms with van der Waals surface area (Å²) >= 11 is 0. The molecule has 2 atom stereocenters. The summed E-state index contributed by atoms with van der Waals surface area (Å²) in [5, 5.41) is 0. The van der Waals surface area contributed by atoms with E-state index in [0.29, 0.717) is 25.2 Å². The fourth-order valence-electron chi connectivity index (χ4n) is 2.75. The van der Waals surface area contributed by atoms with Crippen molar-refractivity contribution in [1.82, 2.24) is 0 Å². The number of carbonyl (C=O) groups is 1. The molecule has 0 saturated heterocycles. The first-order valence-electron chi connectivity index (χ1n) is 6.35. The van der Waals surface area contributed by atoms with Crippen molar-refractivity contribution in [2.75, 3.05) is 6.67 Å². The van der Waals surface area contributed by atoms with Crippen molar-refractivity contribution in [3.8, 4) is 0 Å². The molecule has 2 unspecified atom stereocenters. The molecule has 0 bridgehead atoms. The third-order valence-electron chi connectivity index (χ3n) is 3.67. The zero-order valence-electron chi connectivity index (χ0n) is 9.80. The van der Waals surface area contributed by atoms with Gasteiger partial charge in [-0.25, -0.2) is 0 Å². The van der Waals surface area contributed by atoms with Crippen LogP contribution in [-0.2, 0) is 4.79 Å². The minimum atomic E-state index is -0.354. The van der Waals surface area contributed by atoms with Crippen molar-refractivity contribution in [2.24, 2.45) is 11.8 Å². The lowest BCUT2D eigenvalue weighted by atomic mass is 9.75. The average molecular weight is 214 g/mol. The molecule has 15 heavy (non-hydrogen) atoms. The third-order valence-corrected chi connectivity index (χ3v) is 3.67. The van der Waals surface area contributed by atoms with Crippen LogP contribution in [0.5, 0.6) is 0 Å². The van der Waals surface area contributed by atoms with Gasteiger partial charge in [0.1, 0.15) is 5.78 Å². The average Bonchev–Trinajstić information content (AvgIpc) is 2.27. The number of carbonyl (C=O) groups excluding carboxylic acids is 1. The molecule has 1 rings (SSSR count). The topological polar surface area (TPSA) is 17.1 Å². The van der Waals surface area contributed by atoms with Gasteiger partial charge < -0.3 is 0 Å². The minimum Gasteiger partial charge on any atom is -0.300 e. The van der Waals surface area contributed by atoms with Crippen molar-refractivity contribution < 1.29 is 9.18 Å². The third kappa shape index (κ3) is 4.31. The quantitative estimate of drug-likeness (QED) is 0.655. The van der Waals surface area contributed by atoms with Gasteiger partial charge in [0.2, 0.25) is 0 Å². The largest absolute Gasteiger partial charge is 0.300 e. The summed E-state index contributed by atoms with van der Waals surface area (Å²) < 4.78 is 11.9. The second-order valence-electron chi connectivity index (χ2n) is 4.75. The van der Waals surface area contributed by atoms with Gasteiger partial charge >= 0.3 is 0 Å². The monoisotopic (exact) mass is 214 g/mol. The number of hydrogen-bond acceptors (Lipinski definition) is 1. The molecule has 0 aromatic carbocycles. The second kappa shape index (κ2) is 6.97. The molecule has 0 heterocycles. The van der Waals surface area contributed by atoms with E-state index in [1.54, 1.807) is 0 Å². The zero-order chi connectivity index (χ0) is 11.1. The van der Waals surface area contributed by atoms with E-state index in [2.05, 4.69) is 6.92 Å². The normalized spacial score (nSPS) is 26.5. The Bertz CT molecular complexity index is 191. The second-order valence-corrected chi connectivity index (χ2v) is 4.75. The SMILES string of the molecule is CCC1CCCCC1CC(=O)CCCF. The predicted octanol–water partition coefficient (Wildman–Crippen LogP) is 3.91. The van der Waals surface area contributed by atoms with E-state index in [0.717, 1.165) is 5.92 Å². The first kappa shape index (κ1) is 12.7. The molecule has 0 aliphatic heterocycles. The van der Waals surface area contributed by atoms with Crippen LogP contribution >= 0.6 is 0 Å². The number of Topliss-reactive ketones (excluding diaryl/α,β-unsaturated/α-hetero) is 1. The highest BCUT2D eigenvalue weighted by Crippen LogP contribution is 2.34. The number of alkyl halides is 1. The van der Waals surface area contributed by atoms with Crippen LogP contribution in [0.2, 0.25) is 0 Å². The predicted molar refractivity (Wildman–Crippen MR) is 60.6 cm³/mol. The lowest BCUT2D eigenvalue weighted by Gasteiger charge is -2.30. The summed E-state index contributed by atoms with van der Waals surface area (Å²) in [4.78, 5) is 11.6. The molecule has 0 N–H and O–H groups in total. The standard InChI is InChI=1S/C13H23FO/c1-2-11-6-3-4-7-12(11)10-13(15)8-5-9-14/h11-12H,2-10H2,1H3. The number of hydrogen-bond donors (Lipinski definition) is 0. The van der Waals surface area contributed by atoms with Crippen LogP contribution in [0.25, 0.3) is 0 Å². The van der Waals surface area contributed by atoms with Gasteiger partial charge in [0, 0.05) is 12.8 Å². The Kier molecular flexibility index (Phi) is 5.89. The van der Waals surface area contributed by atoms with Gasteiger partial charge in [-0.2, -0.15) is 0 Å². The molecular weight excluding hydrogens is 191 g/mol. The molecule has 1 aliphatic carbocycles. The Morgan fingerprint density at radius 2 is 1.93 bits per heavy atom. The smallest absolute Gasteiger partial charge is 0.133 e. The molecule has 88 valence electrons. The van der Waals surface area contributed by atoms with E-state index in [9.17, 15) is 9.18 Å². The molecule has 0 amide bonds. The fourth-order valence-corrected chi connectivity index (χ4v) is 2.75. The molecule has 2 heteroatoms. The Morgan fingerprint density at radius 1 is 1.27 bits per heavy atom. The van der Waals surface area contributed by atoms with Gasteiger partial charge in [-0.3, -0.25) is 9.18 Å². The lowest BCUT2D eigenvalue weighted by Crippen LogP contribution is -2.21. The Labute approximate surface area is 92.4 Å². The van der Waals surface area contributed by atoms with Crippen molar-refractivity contribution >= 4 is 5.78 Å². The molecule has 1 fully saturated rings. The highest BCUT2D eigenvalue weighted by atomic mass is 19.1. The van der Waals surface area contributed by atoms with Gasteiger partial charge in [-0.05, 0) is 24.7 Å². The maximum atomic E-state index is 11.9. The van der Waals surface area contributed by atoms with Crippen molar-refractivity contribution in [2.45, 2.75) is 58.3 Å². The summed E-state index contributed by atoms with van der Waals surface area (Å²) in [5.41, 5.74) is 0. The van der Waals surface area contributed by atoms with Crippen molar-refractivity contribution in [3.05, 3.63) is 0 Å². The Hall–Kier alpha value is -0.400. The molecule has 0 aromatic heterocycles. The van der Waals surface area contributed by atoms with Crippen molar-refractivity contribution in [3.63, 3.8) is 0 Å². The maximum absolute atomic E-state index is 11.9. The summed E-state index contributed by atoms with van der Waals surface area (Å²) in [6.45, 7) is 1.86.